The van der Waals surface area contributed by atoms with Crippen LogP contribution in [0.4, 0.5) is 11.4 Å². The van der Waals surface area contributed by atoms with Crippen LogP contribution < -0.4 is 15.1 Å². The van der Waals surface area contributed by atoms with Crippen molar-refractivity contribution in [2.24, 2.45) is 0 Å². The molecule has 6 heterocycles. The van der Waals surface area contributed by atoms with Gasteiger partial charge in [0.1, 0.15) is 11.2 Å². The number of hydrogen-bond donors (Lipinski definition) is 0. The van der Waals surface area contributed by atoms with Crippen LogP contribution in [0.25, 0.3) is 90.8 Å². The summed E-state index contributed by atoms with van der Waals surface area (Å²) in [5, 5.41) is 8.96. The fourth-order valence-corrected chi connectivity index (χ4v) is 13.1. The highest BCUT2D eigenvalue weighted by molar-refractivity contribution is 7.32. The summed E-state index contributed by atoms with van der Waals surface area (Å²) in [7, 11) is 0. The maximum absolute atomic E-state index is 6.88. The van der Waals surface area contributed by atoms with Gasteiger partial charge in [-0.1, -0.05) is 123 Å². The Hall–Kier alpha value is -5.82. The first-order valence-corrected chi connectivity index (χ1v) is 23.7. The van der Waals surface area contributed by atoms with Gasteiger partial charge in [0.05, 0.1) is 16.7 Å². The van der Waals surface area contributed by atoms with E-state index in [1.165, 1.54) is 107 Å². The number of nitrogens with zero attached hydrogens (tertiary/aromatic N) is 2. The zero-order chi connectivity index (χ0) is 42.4. The standard InChI is InChI=1S/C56H47BN2OS2/c1-54(2,3)30-14-18-33(19-15-30)59-44-28-46-40(34-20-16-32(56(7,8)9)25-45(34)60-46)26-38(44)36-21-22-37-39-27-41-35-12-10-11-13-47(35)61-49(41)29-43(39)58-51(37)50(36)57(59)53-52(58)42-24-31(55(4,5)6)17-23-48(42)62-53/h10-29H,1-9H3. The molecule has 2 aliphatic rings. The van der Waals surface area contributed by atoms with E-state index in [9.17, 15) is 0 Å². The molecule has 11 aromatic rings. The molecule has 62 heavy (non-hydrogen) atoms. The predicted molar refractivity (Wildman–Crippen MR) is 271 cm³/mol. The molecular formula is C56H47BN2OS2. The average molecular weight is 839 g/mol. The van der Waals surface area contributed by atoms with Gasteiger partial charge in [0.2, 0.25) is 0 Å². The smallest absolute Gasteiger partial charge is 0.343 e. The molecule has 2 aliphatic heterocycles. The van der Waals surface area contributed by atoms with Crippen LogP contribution in [0.15, 0.2) is 126 Å². The summed E-state index contributed by atoms with van der Waals surface area (Å²) in [6.07, 6.45) is 0. The third kappa shape index (κ3) is 4.94. The van der Waals surface area contributed by atoms with Crippen molar-refractivity contribution in [2.75, 3.05) is 4.81 Å². The van der Waals surface area contributed by atoms with Crippen LogP contribution in [-0.2, 0) is 16.2 Å². The summed E-state index contributed by atoms with van der Waals surface area (Å²) in [5.74, 6) is 0. The molecule has 4 aromatic heterocycles. The largest absolute Gasteiger partial charge is 0.456 e. The molecule has 0 spiro atoms. The number of rotatable bonds is 1. The molecule has 0 atom stereocenters. The summed E-state index contributed by atoms with van der Waals surface area (Å²) in [6, 6.07) is 47.0. The number of furan rings is 1. The van der Waals surface area contributed by atoms with Gasteiger partial charge in [0.15, 0.2) is 0 Å². The van der Waals surface area contributed by atoms with Gasteiger partial charge in [0.25, 0.3) is 0 Å². The molecule has 0 saturated heterocycles. The fraction of sp³-hybridized carbons (Fsp3) is 0.214. The van der Waals surface area contributed by atoms with Crippen molar-refractivity contribution >= 4 is 125 Å². The number of thiophene rings is 2. The third-order valence-electron chi connectivity index (χ3n) is 14.0. The SMILES string of the molecule is CC(C)(C)c1ccc(N2B3c4sc5ccc(C(C)(C)C)cc5c4-n4c5cc6sc7ccccc7c6cc5c5ccc(c3c54)-c3cc4c(cc32)oc2cc(C(C)(C)C)ccc24)cc1. The minimum Gasteiger partial charge on any atom is -0.456 e. The van der Waals surface area contributed by atoms with Crippen molar-refractivity contribution in [1.82, 2.24) is 4.57 Å². The first-order valence-electron chi connectivity index (χ1n) is 22.0. The second-order valence-electron chi connectivity index (χ2n) is 21.0. The second-order valence-corrected chi connectivity index (χ2v) is 23.2. The minimum atomic E-state index is -0.0553. The zero-order valence-corrected chi connectivity index (χ0v) is 38.4. The summed E-state index contributed by atoms with van der Waals surface area (Å²) < 4.78 is 14.9. The number of benzene rings is 7. The van der Waals surface area contributed by atoms with Crippen molar-refractivity contribution in [2.45, 2.75) is 78.6 Å². The van der Waals surface area contributed by atoms with Gasteiger partial charge in [-0.15, -0.1) is 22.7 Å². The molecule has 0 bridgehead atoms. The van der Waals surface area contributed by atoms with Gasteiger partial charge >= 0.3 is 6.85 Å². The molecule has 0 amide bonds. The van der Waals surface area contributed by atoms with E-state index in [1.54, 1.807) is 0 Å². The fourth-order valence-electron chi connectivity index (χ4n) is 10.7. The lowest BCUT2D eigenvalue weighted by atomic mass is 9.47. The van der Waals surface area contributed by atoms with Crippen LogP contribution in [-0.4, -0.2) is 11.4 Å². The second kappa shape index (κ2) is 12.0. The van der Waals surface area contributed by atoms with Crippen molar-refractivity contribution in [3.63, 3.8) is 0 Å². The molecule has 0 unspecified atom stereocenters. The summed E-state index contributed by atoms with van der Waals surface area (Å²) in [5.41, 5.74) is 16.1. The lowest BCUT2D eigenvalue weighted by Gasteiger charge is -2.41. The Labute approximate surface area is 370 Å². The zero-order valence-electron chi connectivity index (χ0n) is 36.7. The van der Waals surface area contributed by atoms with Crippen LogP contribution >= 0.6 is 22.7 Å². The Balaban J connectivity index is 1.19. The Morgan fingerprint density at radius 3 is 1.94 bits per heavy atom. The number of anilines is 2. The lowest BCUT2D eigenvalue weighted by molar-refractivity contribution is 0.587. The van der Waals surface area contributed by atoms with E-state index in [0.29, 0.717) is 0 Å². The first-order chi connectivity index (χ1) is 29.6. The maximum Gasteiger partial charge on any atom is 0.343 e. The van der Waals surface area contributed by atoms with E-state index in [4.69, 9.17) is 4.42 Å². The molecule has 0 saturated carbocycles. The third-order valence-corrected chi connectivity index (χ3v) is 16.4. The Kier molecular flexibility index (Phi) is 7.12. The molecular weight excluding hydrogens is 792 g/mol. The Bertz CT molecular complexity index is 3760. The molecule has 0 radical (unpaired) electrons. The quantitative estimate of drug-likeness (QED) is 0.154. The monoisotopic (exact) mass is 838 g/mol. The summed E-state index contributed by atoms with van der Waals surface area (Å²) in [6.45, 7) is 20.7. The first kappa shape index (κ1) is 36.8. The normalized spacial score (nSPS) is 14.1. The molecule has 302 valence electrons. The molecule has 6 heteroatoms. The van der Waals surface area contributed by atoms with E-state index in [1.807, 2.05) is 22.7 Å². The van der Waals surface area contributed by atoms with Crippen LogP contribution in [0.1, 0.15) is 79.0 Å². The molecule has 3 nitrogen and oxygen atoms in total. The Morgan fingerprint density at radius 2 is 1.16 bits per heavy atom. The molecule has 7 aromatic carbocycles. The van der Waals surface area contributed by atoms with Crippen LogP contribution in [0.5, 0.6) is 0 Å². The topological polar surface area (TPSA) is 21.3 Å². The maximum atomic E-state index is 6.88. The highest BCUT2D eigenvalue weighted by atomic mass is 32.1. The van der Waals surface area contributed by atoms with Gasteiger partial charge < -0.3 is 13.8 Å². The van der Waals surface area contributed by atoms with E-state index in [2.05, 4.69) is 193 Å². The number of hydrogen-bond acceptors (Lipinski definition) is 4. The van der Waals surface area contributed by atoms with Crippen molar-refractivity contribution in [3.8, 4) is 16.8 Å². The molecule has 0 N–H and O–H groups in total. The van der Waals surface area contributed by atoms with Crippen molar-refractivity contribution in [1.29, 1.82) is 0 Å². The van der Waals surface area contributed by atoms with E-state index in [0.717, 1.165) is 21.9 Å². The van der Waals surface area contributed by atoms with Gasteiger partial charge in [-0.2, -0.15) is 0 Å². The number of fused-ring (bicyclic) bond motifs is 16. The Morgan fingerprint density at radius 1 is 0.484 bits per heavy atom. The van der Waals surface area contributed by atoms with Crippen LogP contribution in [0.3, 0.4) is 0 Å². The van der Waals surface area contributed by atoms with Crippen molar-refractivity contribution < 1.29 is 4.42 Å². The van der Waals surface area contributed by atoms with Crippen LogP contribution in [0, 0.1) is 0 Å². The van der Waals surface area contributed by atoms with Gasteiger partial charge in [0, 0.05) is 79.6 Å². The van der Waals surface area contributed by atoms with Crippen LogP contribution in [0.2, 0.25) is 0 Å². The van der Waals surface area contributed by atoms with Crippen molar-refractivity contribution in [3.05, 3.63) is 138 Å². The predicted octanol–water partition coefficient (Wildman–Crippen LogP) is 15.4. The van der Waals surface area contributed by atoms with Gasteiger partial charge in [-0.3, -0.25) is 0 Å². The molecule has 0 aliphatic carbocycles. The van der Waals surface area contributed by atoms with Gasteiger partial charge in [-0.05, 0) is 98.6 Å². The highest BCUT2D eigenvalue weighted by Gasteiger charge is 2.46. The van der Waals surface area contributed by atoms with E-state index < -0.39 is 0 Å². The van der Waals surface area contributed by atoms with Gasteiger partial charge in [-0.25, -0.2) is 0 Å². The van der Waals surface area contributed by atoms with E-state index >= 15 is 0 Å². The number of aromatic nitrogens is 1. The van der Waals surface area contributed by atoms with E-state index in [-0.39, 0.29) is 23.1 Å². The summed E-state index contributed by atoms with van der Waals surface area (Å²) >= 11 is 3.88. The summed E-state index contributed by atoms with van der Waals surface area (Å²) in [4.78, 5) is 2.66. The minimum absolute atomic E-state index is 0.0102. The molecule has 13 rings (SSSR count). The average Bonchev–Trinajstić information content (AvgIpc) is 3.98. The lowest BCUT2D eigenvalue weighted by Crippen LogP contribution is -2.59. The highest BCUT2D eigenvalue weighted by Crippen LogP contribution is 2.50. The molecule has 0 fully saturated rings.